The number of para-hydroxylation sites is 1. The second-order valence-corrected chi connectivity index (χ2v) is 7.31. The predicted octanol–water partition coefficient (Wildman–Crippen LogP) is 2.77. The molecule has 156 valence electrons. The number of carbonyl (C=O) groups is 1. The third-order valence-corrected chi connectivity index (χ3v) is 5.18. The zero-order valence-electron chi connectivity index (χ0n) is 18.0. The standard InChI is InChI=1S/C22H31N5O2/c1-16-18(17(2)27(25-16)14-8-13-23)11-12-22(28)24-15-20(26(3)4)19-9-6-7-10-21(19)29-5/h6-7,9-10,20H,8,11-12,14-15H2,1-5H3,(H,24,28)/t20-/m0/s1. The van der Waals surface area contributed by atoms with Gasteiger partial charge in [-0.1, -0.05) is 18.2 Å². The lowest BCUT2D eigenvalue weighted by Crippen LogP contribution is -2.34. The van der Waals surface area contributed by atoms with E-state index >= 15 is 0 Å². The number of likely N-dealkylation sites (N-methyl/N-ethyl adjacent to an activating group) is 1. The second-order valence-electron chi connectivity index (χ2n) is 7.31. The van der Waals surface area contributed by atoms with Crippen LogP contribution in [0.5, 0.6) is 5.75 Å². The molecule has 1 aromatic carbocycles. The van der Waals surface area contributed by atoms with Gasteiger partial charge in [-0.25, -0.2) is 0 Å². The molecule has 2 aromatic rings. The van der Waals surface area contributed by atoms with Crippen LogP contribution in [-0.4, -0.2) is 48.3 Å². The fraction of sp³-hybridized carbons (Fsp3) is 0.500. The number of hydrogen-bond acceptors (Lipinski definition) is 5. The van der Waals surface area contributed by atoms with Gasteiger partial charge < -0.3 is 15.0 Å². The minimum absolute atomic E-state index is 0.00956. The lowest BCUT2D eigenvalue weighted by Gasteiger charge is -2.26. The SMILES string of the molecule is COc1ccccc1[C@H](CNC(=O)CCc1c(C)nn(CCC#N)c1C)N(C)C. The number of hydrogen-bond donors (Lipinski definition) is 1. The maximum absolute atomic E-state index is 12.5. The van der Waals surface area contributed by atoms with E-state index in [1.807, 2.05) is 56.9 Å². The van der Waals surface area contributed by atoms with E-state index in [4.69, 9.17) is 10.00 Å². The predicted molar refractivity (Wildman–Crippen MR) is 113 cm³/mol. The number of nitriles is 1. The quantitative estimate of drug-likeness (QED) is 0.666. The Balaban J connectivity index is 1.97. The van der Waals surface area contributed by atoms with Crippen molar-refractivity contribution in [2.75, 3.05) is 27.7 Å². The molecule has 0 aliphatic carbocycles. The van der Waals surface area contributed by atoms with Crippen molar-refractivity contribution in [2.24, 2.45) is 0 Å². The first-order valence-corrected chi connectivity index (χ1v) is 9.84. The molecule has 0 saturated heterocycles. The summed E-state index contributed by atoms with van der Waals surface area (Å²) in [5.74, 6) is 0.826. The summed E-state index contributed by atoms with van der Waals surface area (Å²) in [7, 11) is 5.64. The minimum Gasteiger partial charge on any atom is -0.496 e. The molecule has 0 fully saturated rings. The molecule has 0 bridgehead atoms. The summed E-state index contributed by atoms with van der Waals surface area (Å²) < 4.78 is 7.33. The van der Waals surface area contributed by atoms with Crippen LogP contribution in [0.4, 0.5) is 0 Å². The maximum Gasteiger partial charge on any atom is 0.220 e. The molecule has 0 aliphatic rings. The molecule has 0 spiro atoms. The van der Waals surface area contributed by atoms with Crippen molar-refractivity contribution in [3.8, 4) is 11.8 Å². The van der Waals surface area contributed by atoms with E-state index in [2.05, 4.69) is 21.4 Å². The Labute approximate surface area is 173 Å². The molecule has 7 nitrogen and oxygen atoms in total. The van der Waals surface area contributed by atoms with Crippen LogP contribution in [0.3, 0.4) is 0 Å². The zero-order chi connectivity index (χ0) is 21.4. The van der Waals surface area contributed by atoms with Crippen LogP contribution in [0.25, 0.3) is 0 Å². The number of amides is 1. The van der Waals surface area contributed by atoms with Crippen molar-refractivity contribution in [3.63, 3.8) is 0 Å². The molecule has 1 amide bonds. The summed E-state index contributed by atoms with van der Waals surface area (Å²) in [5, 5.41) is 16.3. The van der Waals surface area contributed by atoms with Crippen molar-refractivity contribution in [1.82, 2.24) is 20.0 Å². The average molecular weight is 398 g/mol. The van der Waals surface area contributed by atoms with Crippen LogP contribution >= 0.6 is 0 Å². The first-order valence-electron chi connectivity index (χ1n) is 9.84. The molecule has 2 rings (SSSR count). The Morgan fingerprint density at radius 1 is 1.34 bits per heavy atom. The molecule has 0 unspecified atom stereocenters. The molecule has 1 heterocycles. The Morgan fingerprint density at radius 2 is 2.07 bits per heavy atom. The van der Waals surface area contributed by atoms with Crippen LogP contribution in [0.15, 0.2) is 24.3 Å². The van der Waals surface area contributed by atoms with Gasteiger partial charge >= 0.3 is 0 Å². The van der Waals surface area contributed by atoms with Gasteiger partial charge in [0.2, 0.25) is 5.91 Å². The van der Waals surface area contributed by atoms with Crippen LogP contribution < -0.4 is 10.1 Å². The van der Waals surface area contributed by atoms with Crippen LogP contribution in [0, 0.1) is 25.2 Å². The van der Waals surface area contributed by atoms with E-state index in [1.54, 1.807) is 7.11 Å². The van der Waals surface area contributed by atoms with E-state index < -0.39 is 0 Å². The van der Waals surface area contributed by atoms with Crippen LogP contribution in [-0.2, 0) is 17.8 Å². The number of nitrogens with one attached hydrogen (secondary N) is 1. The normalized spacial score (nSPS) is 11.9. The number of carbonyl (C=O) groups excluding carboxylic acids is 1. The summed E-state index contributed by atoms with van der Waals surface area (Å²) in [4.78, 5) is 14.6. The van der Waals surface area contributed by atoms with Crippen LogP contribution in [0.2, 0.25) is 0 Å². The highest BCUT2D eigenvalue weighted by molar-refractivity contribution is 5.76. The van der Waals surface area contributed by atoms with Gasteiger partial charge in [-0.05, 0) is 46.0 Å². The number of aromatic nitrogens is 2. The van der Waals surface area contributed by atoms with Crippen molar-refractivity contribution in [3.05, 3.63) is 46.8 Å². The van der Waals surface area contributed by atoms with Gasteiger partial charge in [0.15, 0.2) is 0 Å². The highest BCUT2D eigenvalue weighted by Crippen LogP contribution is 2.27. The monoisotopic (exact) mass is 397 g/mol. The second kappa shape index (κ2) is 10.6. The highest BCUT2D eigenvalue weighted by atomic mass is 16.5. The van der Waals surface area contributed by atoms with Gasteiger partial charge in [-0.2, -0.15) is 10.4 Å². The summed E-state index contributed by atoms with van der Waals surface area (Å²) >= 11 is 0. The number of benzene rings is 1. The molecule has 1 N–H and O–H groups in total. The smallest absolute Gasteiger partial charge is 0.220 e. The zero-order valence-corrected chi connectivity index (χ0v) is 18.0. The van der Waals surface area contributed by atoms with Crippen molar-refractivity contribution in [1.29, 1.82) is 5.26 Å². The molecular weight excluding hydrogens is 366 g/mol. The summed E-state index contributed by atoms with van der Waals surface area (Å²) in [6.07, 6.45) is 1.46. The Kier molecular flexibility index (Phi) is 8.22. The molecule has 7 heteroatoms. The minimum atomic E-state index is 0.00956. The third kappa shape index (κ3) is 5.81. The largest absolute Gasteiger partial charge is 0.496 e. The van der Waals surface area contributed by atoms with Gasteiger partial charge in [-0.15, -0.1) is 0 Å². The molecule has 0 radical (unpaired) electrons. The molecule has 0 saturated carbocycles. The number of nitrogens with zero attached hydrogens (tertiary/aromatic N) is 4. The van der Waals surface area contributed by atoms with E-state index in [0.29, 0.717) is 32.4 Å². The first kappa shape index (κ1) is 22.4. The van der Waals surface area contributed by atoms with Gasteiger partial charge in [0, 0.05) is 24.2 Å². The van der Waals surface area contributed by atoms with Crippen molar-refractivity contribution in [2.45, 2.75) is 45.7 Å². The number of methoxy groups -OCH3 is 1. The molecule has 1 atom stereocenters. The van der Waals surface area contributed by atoms with Crippen molar-refractivity contribution >= 4 is 5.91 Å². The Bertz CT molecular complexity index is 867. The van der Waals surface area contributed by atoms with Crippen LogP contribution in [0.1, 0.15) is 41.4 Å². The van der Waals surface area contributed by atoms with Gasteiger partial charge in [0.25, 0.3) is 0 Å². The van der Waals surface area contributed by atoms with Gasteiger partial charge in [0.05, 0.1) is 37.9 Å². The summed E-state index contributed by atoms with van der Waals surface area (Å²) in [6.45, 7) is 5.03. The topological polar surface area (TPSA) is 83.2 Å². The van der Waals surface area contributed by atoms with E-state index in [-0.39, 0.29) is 11.9 Å². The van der Waals surface area contributed by atoms with E-state index in [0.717, 1.165) is 28.3 Å². The average Bonchev–Trinajstić information content (AvgIpc) is 2.97. The lowest BCUT2D eigenvalue weighted by atomic mass is 10.0. The van der Waals surface area contributed by atoms with E-state index in [9.17, 15) is 4.79 Å². The molecule has 29 heavy (non-hydrogen) atoms. The van der Waals surface area contributed by atoms with Gasteiger partial charge in [0.1, 0.15) is 5.75 Å². The fourth-order valence-corrected chi connectivity index (χ4v) is 3.52. The molecular formula is C22H31N5O2. The molecule has 0 aliphatic heterocycles. The fourth-order valence-electron chi connectivity index (χ4n) is 3.52. The Morgan fingerprint density at radius 3 is 2.72 bits per heavy atom. The van der Waals surface area contributed by atoms with E-state index in [1.165, 1.54) is 0 Å². The summed E-state index contributed by atoms with van der Waals surface area (Å²) in [5.41, 5.74) is 4.09. The molecule has 1 aromatic heterocycles. The number of ether oxygens (including phenoxy) is 1. The van der Waals surface area contributed by atoms with Gasteiger partial charge in [-0.3, -0.25) is 9.48 Å². The number of rotatable bonds is 10. The third-order valence-electron chi connectivity index (χ3n) is 5.18. The first-order chi connectivity index (χ1) is 13.9. The maximum atomic E-state index is 12.5. The summed E-state index contributed by atoms with van der Waals surface area (Å²) in [6, 6.07) is 10.0. The highest BCUT2D eigenvalue weighted by Gasteiger charge is 2.19. The Hall–Kier alpha value is -2.85. The van der Waals surface area contributed by atoms with Crippen molar-refractivity contribution < 1.29 is 9.53 Å². The number of aryl methyl sites for hydroxylation is 2. The lowest BCUT2D eigenvalue weighted by molar-refractivity contribution is -0.121.